The summed E-state index contributed by atoms with van der Waals surface area (Å²) in [6.07, 6.45) is 2.07. The minimum absolute atomic E-state index is 0.295. The van der Waals surface area contributed by atoms with Gasteiger partial charge in [0.05, 0.1) is 12.7 Å². The highest BCUT2D eigenvalue weighted by Crippen LogP contribution is 2.04. The lowest BCUT2D eigenvalue weighted by atomic mass is 10.3. The second-order valence-corrected chi connectivity index (χ2v) is 3.97. The summed E-state index contributed by atoms with van der Waals surface area (Å²) in [6, 6.07) is 3.76. The second kappa shape index (κ2) is 6.77. The molecule has 0 radical (unpaired) electrons. The van der Waals surface area contributed by atoms with E-state index in [0.717, 1.165) is 25.3 Å². The van der Waals surface area contributed by atoms with Crippen molar-refractivity contribution >= 4 is 11.6 Å². The predicted molar refractivity (Wildman–Crippen MR) is 62.0 cm³/mol. The molecule has 0 aliphatic carbocycles. The van der Waals surface area contributed by atoms with Crippen molar-refractivity contribution in [3.05, 3.63) is 29.0 Å². The van der Waals surface area contributed by atoms with E-state index < -0.39 is 0 Å². The summed E-state index contributed by atoms with van der Waals surface area (Å²) >= 11 is 5.68. The number of pyridine rings is 1. The normalized spacial score (nSPS) is 10.9. The van der Waals surface area contributed by atoms with Crippen LogP contribution in [-0.2, 0) is 11.3 Å². The number of hydrogen-bond acceptors (Lipinski definition) is 3. The van der Waals surface area contributed by atoms with Gasteiger partial charge in [-0.05, 0) is 25.5 Å². The Bertz CT molecular complexity index is 274. The van der Waals surface area contributed by atoms with E-state index in [1.54, 1.807) is 12.3 Å². The molecule has 0 aliphatic heterocycles. The molecule has 0 atom stereocenters. The Morgan fingerprint density at radius 1 is 1.47 bits per heavy atom. The van der Waals surface area contributed by atoms with Crippen molar-refractivity contribution < 1.29 is 4.74 Å². The molecule has 0 unspecified atom stereocenters. The third kappa shape index (κ3) is 5.72. The first kappa shape index (κ1) is 12.4. The molecule has 0 amide bonds. The molecule has 4 heteroatoms. The van der Waals surface area contributed by atoms with Crippen molar-refractivity contribution in [3.8, 4) is 0 Å². The van der Waals surface area contributed by atoms with Gasteiger partial charge in [0.25, 0.3) is 0 Å². The minimum Gasteiger partial charge on any atom is -0.377 e. The molecule has 3 nitrogen and oxygen atoms in total. The van der Waals surface area contributed by atoms with Crippen LogP contribution in [0.15, 0.2) is 18.3 Å². The van der Waals surface area contributed by atoms with Crippen LogP contribution in [0.4, 0.5) is 0 Å². The zero-order valence-electron chi connectivity index (χ0n) is 9.16. The van der Waals surface area contributed by atoms with Gasteiger partial charge in [-0.3, -0.25) is 0 Å². The fourth-order valence-electron chi connectivity index (χ4n) is 1.11. The Labute approximate surface area is 95.8 Å². The van der Waals surface area contributed by atoms with E-state index >= 15 is 0 Å². The molecule has 0 fully saturated rings. The number of halogens is 1. The van der Waals surface area contributed by atoms with Crippen LogP contribution < -0.4 is 5.32 Å². The number of hydrogen-bond donors (Lipinski definition) is 1. The Hall–Kier alpha value is -0.640. The maximum Gasteiger partial charge on any atom is 0.129 e. The average Bonchev–Trinajstić information content (AvgIpc) is 2.20. The monoisotopic (exact) mass is 228 g/mol. The zero-order chi connectivity index (χ0) is 11.1. The standard InChI is InChI=1S/C11H17ClN2O/c1-9(2)15-6-5-13-7-10-3-4-11(12)14-8-10/h3-4,8-9,13H,5-7H2,1-2H3. The van der Waals surface area contributed by atoms with Crippen LogP contribution in [0.5, 0.6) is 0 Å². The van der Waals surface area contributed by atoms with E-state index in [-0.39, 0.29) is 0 Å². The molecular weight excluding hydrogens is 212 g/mol. The van der Waals surface area contributed by atoms with Crippen molar-refractivity contribution in [1.82, 2.24) is 10.3 Å². The van der Waals surface area contributed by atoms with E-state index in [2.05, 4.69) is 10.3 Å². The van der Waals surface area contributed by atoms with Crippen molar-refractivity contribution in [2.45, 2.75) is 26.5 Å². The lowest BCUT2D eigenvalue weighted by Crippen LogP contribution is -2.20. The average molecular weight is 229 g/mol. The number of rotatable bonds is 6. The molecule has 0 spiro atoms. The van der Waals surface area contributed by atoms with Crippen molar-refractivity contribution in [3.63, 3.8) is 0 Å². The van der Waals surface area contributed by atoms with E-state index in [1.165, 1.54) is 0 Å². The highest BCUT2D eigenvalue weighted by molar-refractivity contribution is 6.29. The molecule has 0 bridgehead atoms. The van der Waals surface area contributed by atoms with Gasteiger partial charge >= 0.3 is 0 Å². The minimum atomic E-state index is 0.295. The molecule has 0 saturated heterocycles. The van der Waals surface area contributed by atoms with Gasteiger partial charge in [-0.2, -0.15) is 0 Å². The number of nitrogens with zero attached hydrogens (tertiary/aromatic N) is 1. The van der Waals surface area contributed by atoms with Crippen molar-refractivity contribution in [1.29, 1.82) is 0 Å². The zero-order valence-corrected chi connectivity index (χ0v) is 9.92. The van der Waals surface area contributed by atoms with Gasteiger partial charge in [0.2, 0.25) is 0 Å². The van der Waals surface area contributed by atoms with E-state index in [9.17, 15) is 0 Å². The number of ether oxygens (including phenoxy) is 1. The fourth-order valence-corrected chi connectivity index (χ4v) is 1.22. The van der Waals surface area contributed by atoms with Crippen LogP contribution in [-0.4, -0.2) is 24.2 Å². The lowest BCUT2D eigenvalue weighted by Gasteiger charge is -2.08. The molecule has 15 heavy (non-hydrogen) atoms. The van der Waals surface area contributed by atoms with E-state index in [1.807, 2.05) is 19.9 Å². The van der Waals surface area contributed by atoms with Crippen LogP contribution in [0, 0.1) is 0 Å². The van der Waals surface area contributed by atoms with Gasteiger partial charge in [0, 0.05) is 19.3 Å². The molecule has 1 rings (SSSR count). The molecule has 0 saturated carbocycles. The van der Waals surface area contributed by atoms with Gasteiger partial charge in [0.15, 0.2) is 0 Å². The van der Waals surface area contributed by atoms with Crippen LogP contribution >= 0.6 is 11.6 Å². The summed E-state index contributed by atoms with van der Waals surface area (Å²) in [5.41, 5.74) is 1.13. The van der Waals surface area contributed by atoms with Gasteiger partial charge < -0.3 is 10.1 Å². The Kier molecular flexibility index (Phi) is 5.61. The number of nitrogens with one attached hydrogen (secondary N) is 1. The van der Waals surface area contributed by atoms with Crippen LogP contribution in [0.2, 0.25) is 5.15 Å². The van der Waals surface area contributed by atoms with Gasteiger partial charge in [-0.25, -0.2) is 4.98 Å². The molecule has 1 aromatic heterocycles. The molecule has 0 aromatic carbocycles. The van der Waals surface area contributed by atoms with Crippen LogP contribution in [0.25, 0.3) is 0 Å². The van der Waals surface area contributed by atoms with Crippen LogP contribution in [0.3, 0.4) is 0 Å². The molecule has 1 aromatic rings. The smallest absolute Gasteiger partial charge is 0.129 e. The SMILES string of the molecule is CC(C)OCCNCc1ccc(Cl)nc1. The Morgan fingerprint density at radius 3 is 2.87 bits per heavy atom. The molecular formula is C11H17ClN2O. The largest absolute Gasteiger partial charge is 0.377 e. The maximum absolute atomic E-state index is 5.68. The molecule has 1 N–H and O–H groups in total. The Morgan fingerprint density at radius 2 is 2.27 bits per heavy atom. The fraction of sp³-hybridized carbons (Fsp3) is 0.545. The topological polar surface area (TPSA) is 34.1 Å². The first-order valence-electron chi connectivity index (χ1n) is 5.11. The molecule has 84 valence electrons. The van der Waals surface area contributed by atoms with Gasteiger partial charge in [-0.1, -0.05) is 17.7 Å². The summed E-state index contributed by atoms with van der Waals surface area (Å²) in [6.45, 7) is 6.44. The first-order chi connectivity index (χ1) is 7.18. The lowest BCUT2D eigenvalue weighted by molar-refractivity contribution is 0.0807. The molecule has 1 heterocycles. The first-order valence-corrected chi connectivity index (χ1v) is 5.49. The molecule has 0 aliphatic rings. The van der Waals surface area contributed by atoms with Crippen molar-refractivity contribution in [2.75, 3.05) is 13.2 Å². The van der Waals surface area contributed by atoms with E-state index in [0.29, 0.717) is 11.3 Å². The summed E-state index contributed by atoms with van der Waals surface area (Å²) in [5, 5.41) is 3.80. The summed E-state index contributed by atoms with van der Waals surface area (Å²) < 4.78 is 5.40. The second-order valence-electron chi connectivity index (χ2n) is 3.59. The maximum atomic E-state index is 5.68. The quantitative estimate of drug-likeness (QED) is 0.599. The van der Waals surface area contributed by atoms with E-state index in [4.69, 9.17) is 16.3 Å². The van der Waals surface area contributed by atoms with Crippen molar-refractivity contribution in [2.24, 2.45) is 0 Å². The summed E-state index contributed by atoms with van der Waals surface area (Å²) in [5.74, 6) is 0. The Balaban J connectivity index is 2.12. The summed E-state index contributed by atoms with van der Waals surface area (Å²) in [4.78, 5) is 4.00. The third-order valence-corrected chi connectivity index (χ3v) is 2.07. The third-order valence-electron chi connectivity index (χ3n) is 1.85. The number of aromatic nitrogens is 1. The highest BCUT2D eigenvalue weighted by Gasteiger charge is 1.95. The highest BCUT2D eigenvalue weighted by atomic mass is 35.5. The predicted octanol–water partition coefficient (Wildman–Crippen LogP) is 2.25. The van der Waals surface area contributed by atoms with Gasteiger partial charge in [0.1, 0.15) is 5.15 Å². The summed E-state index contributed by atoms with van der Waals surface area (Å²) in [7, 11) is 0. The van der Waals surface area contributed by atoms with Gasteiger partial charge in [-0.15, -0.1) is 0 Å². The van der Waals surface area contributed by atoms with Crippen LogP contribution in [0.1, 0.15) is 19.4 Å².